The number of hydrogen-bond acceptors (Lipinski definition) is 1. The summed E-state index contributed by atoms with van der Waals surface area (Å²) >= 11 is 7.23. The summed E-state index contributed by atoms with van der Waals surface area (Å²) < 4.78 is 4.52. The molecule has 132 valence electrons. The van der Waals surface area contributed by atoms with Gasteiger partial charge in [-0.3, -0.25) is 4.99 Å². The molecule has 1 atom stereocenters. The molecule has 0 spiro atoms. The molecule has 0 bridgehead atoms. The Morgan fingerprint density at radius 3 is 2.00 bits per heavy atom. The Bertz CT molecular complexity index is 1160. The van der Waals surface area contributed by atoms with E-state index in [1.807, 2.05) is 12.3 Å². The van der Waals surface area contributed by atoms with Gasteiger partial charge >= 0.3 is 0 Å². The molecule has 0 radical (unpaired) electrons. The number of hydrogen-bond donors (Lipinski definition) is 0. The summed E-state index contributed by atoms with van der Waals surface area (Å²) in [4.78, 5) is 4.38. The fourth-order valence-electron chi connectivity index (χ4n) is 3.81. The highest BCUT2D eigenvalue weighted by molar-refractivity contribution is 9.10. The van der Waals surface area contributed by atoms with E-state index < -0.39 is 0 Å². The van der Waals surface area contributed by atoms with Crippen molar-refractivity contribution in [3.63, 3.8) is 0 Å². The Hall–Kier alpha value is -2.17. The van der Waals surface area contributed by atoms with Gasteiger partial charge in [-0.1, -0.05) is 50.1 Å². The summed E-state index contributed by atoms with van der Waals surface area (Å²) in [5, 5.41) is 2.49. The van der Waals surface area contributed by atoms with Gasteiger partial charge in [-0.05, 0) is 60.2 Å². The first-order chi connectivity index (χ1) is 13.2. The first kappa shape index (κ1) is 17.0. The number of fused-ring (bicyclic) bond motifs is 3. The van der Waals surface area contributed by atoms with Crippen LogP contribution in [0.3, 0.4) is 0 Å². The van der Waals surface area contributed by atoms with Gasteiger partial charge in [0, 0.05) is 44.1 Å². The molecule has 27 heavy (non-hydrogen) atoms. The quantitative estimate of drug-likeness (QED) is 0.293. The van der Waals surface area contributed by atoms with E-state index in [2.05, 4.69) is 108 Å². The molecule has 0 N–H and O–H groups in total. The molecule has 2 heterocycles. The summed E-state index contributed by atoms with van der Waals surface area (Å²) in [6, 6.07) is 21.8. The van der Waals surface area contributed by atoms with Crippen LogP contribution in [0.2, 0.25) is 0 Å². The Labute approximate surface area is 174 Å². The lowest BCUT2D eigenvalue weighted by atomic mass is 9.97. The fourth-order valence-corrected chi connectivity index (χ4v) is 4.54. The topological polar surface area (TPSA) is 17.3 Å². The summed E-state index contributed by atoms with van der Waals surface area (Å²) in [5.74, 6) is 0.370. The molecular weight excluding hydrogens is 464 g/mol. The summed E-state index contributed by atoms with van der Waals surface area (Å²) in [6.07, 6.45) is 6.13. The van der Waals surface area contributed by atoms with Gasteiger partial charge in [0.05, 0.1) is 11.0 Å². The van der Waals surface area contributed by atoms with Gasteiger partial charge in [0.2, 0.25) is 0 Å². The summed E-state index contributed by atoms with van der Waals surface area (Å²) in [7, 11) is 0. The van der Waals surface area contributed by atoms with Gasteiger partial charge in [-0.2, -0.15) is 0 Å². The van der Waals surface area contributed by atoms with Gasteiger partial charge in [-0.25, -0.2) is 0 Å². The van der Waals surface area contributed by atoms with Gasteiger partial charge < -0.3 is 4.57 Å². The lowest BCUT2D eigenvalue weighted by molar-refractivity contribution is 0.845. The zero-order valence-electron chi connectivity index (χ0n) is 14.4. The number of aliphatic imine (C=N–C) groups is 1. The van der Waals surface area contributed by atoms with Crippen LogP contribution in [-0.2, 0) is 0 Å². The predicted octanol–water partition coefficient (Wildman–Crippen LogP) is 7.03. The smallest absolute Gasteiger partial charge is 0.0541 e. The molecule has 4 aromatic rings. The second kappa shape index (κ2) is 6.77. The molecule has 0 aliphatic carbocycles. The lowest BCUT2D eigenvalue weighted by Crippen LogP contribution is -2.03. The molecule has 1 unspecified atom stereocenters. The van der Waals surface area contributed by atoms with Crippen LogP contribution in [0.5, 0.6) is 0 Å². The maximum Gasteiger partial charge on any atom is 0.0541 e. The molecule has 4 heteroatoms. The van der Waals surface area contributed by atoms with Crippen LogP contribution >= 0.6 is 31.9 Å². The van der Waals surface area contributed by atoms with Crippen molar-refractivity contribution in [1.29, 1.82) is 0 Å². The normalized spacial score (nSPS) is 16.4. The van der Waals surface area contributed by atoms with Gasteiger partial charge in [0.1, 0.15) is 0 Å². The standard InChI is InChI=1S/C23H16Br2N2/c24-17-5-9-22-20(12-17)21-13-18(25)6-10-23(21)27(22)19-7-3-15(4-8-19)16-2-1-11-26-14-16/h1-13,16H,14H2. The molecule has 1 aromatic heterocycles. The Balaban J connectivity index is 1.69. The molecule has 0 amide bonds. The molecule has 2 nitrogen and oxygen atoms in total. The maximum absolute atomic E-state index is 4.38. The highest BCUT2D eigenvalue weighted by Gasteiger charge is 2.14. The Kier molecular flexibility index (Phi) is 4.25. The van der Waals surface area contributed by atoms with Crippen molar-refractivity contribution < 1.29 is 0 Å². The average molecular weight is 480 g/mol. The van der Waals surface area contributed by atoms with Crippen LogP contribution in [0.4, 0.5) is 0 Å². The molecule has 3 aromatic carbocycles. The second-order valence-electron chi connectivity index (χ2n) is 6.76. The monoisotopic (exact) mass is 478 g/mol. The fraction of sp³-hybridized carbons (Fsp3) is 0.0870. The third kappa shape index (κ3) is 2.97. The first-order valence-electron chi connectivity index (χ1n) is 8.87. The van der Waals surface area contributed by atoms with Crippen molar-refractivity contribution in [2.24, 2.45) is 4.99 Å². The lowest BCUT2D eigenvalue weighted by Gasteiger charge is -2.14. The van der Waals surface area contributed by atoms with Crippen LogP contribution in [0.1, 0.15) is 11.5 Å². The molecule has 0 saturated carbocycles. The van der Waals surface area contributed by atoms with E-state index in [4.69, 9.17) is 0 Å². The zero-order chi connectivity index (χ0) is 18.4. The minimum Gasteiger partial charge on any atom is -0.309 e. The molecule has 5 rings (SSSR count). The van der Waals surface area contributed by atoms with Crippen LogP contribution in [0, 0.1) is 0 Å². The van der Waals surface area contributed by atoms with E-state index in [1.54, 1.807) is 0 Å². The SMILES string of the molecule is Brc1ccc2c(c1)c1cc(Br)ccc1n2-c1ccc(C2C=CC=NC2)cc1. The number of nitrogens with zero attached hydrogens (tertiary/aromatic N) is 2. The minimum atomic E-state index is 0.370. The number of rotatable bonds is 2. The molecule has 0 fully saturated rings. The number of aromatic nitrogens is 1. The molecule has 1 aliphatic heterocycles. The predicted molar refractivity (Wildman–Crippen MR) is 121 cm³/mol. The summed E-state index contributed by atoms with van der Waals surface area (Å²) in [5.41, 5.74) is 4.90. The van der Waals surface area contributed by atoms with Crippen molar-refractivity contribution in [1.82, 2.24) is 4.57 Å². The third-order valence-corrected chi connectivity index (χ3v) is 6.09. The van der Waals surface area contributed by atoms with Crippen molar-refractivity contribution in [2.75, 3.05) is 6.54 Å². The van der Waals surface area contributed by atoms with E-state index >= 15 is 0 Å². The highest BCUT2D eigenvalue weighted by atomic mass is 79.9. The van der Waals surface area contributed by atoms with Crippen molar-refractivity contribution in [3.05, 3.63) is 87.3 Å². The number of allylic oxidation sites excluding steroid dienone is 1. The van der Waals surface area contributed by atoms with Crippen LogP contribution in [0.25, 0.3) is 27.5 Å². The summed E-state index contributed by atoms with van der Waals surface area (Å²) in [6.45, 7) is 0.827. The minimum absolute atomic E-state index is 0.370. The Morgan fingerprint density at radius 2 is 1.44 bits per heavy atom. The average Bonchev–Trinajstić information content (AvgIpc) is 3.02. The van der Waals surface area contributed by atoms with Crippen LogP contribution < -0.4 is 0 Å². The van der Waals surface area contributed by atoms with Crippen molar-refractivity contribution in [2.45, 2.75) is 5.92 Å². The molecule has 1 aliphatic rings. The van der Waals surface area contributed by atoms with E-state index in [-0.39, 0.29) is 0 Å². The second-order valence-corrected chi connectivity index (χ2v) is 8.59. The van der Waals surface area contributed by atoms with Gasteiger partial charge in [0.25, 0.3) is 0 Å². The number of dihydropyridines is 1. The number of benzene rings is 3. The van der Waals surface area contributed by atoms with Crippen molar-refractivity contribution >= 4 is 59.9 Å². The zero-order valence-corrected chi connectivity index (χ0v) is 17.6. The number of halogens is 2. The maximum atomic E-state index is 4.38. The molecular formula is C23H16Br2N2. The highest BCUT2D eigenvalue weighted by Crippen LogP contribution is 2.35. The van der Waals surface area contributed by atoms with Crippen LogP contribution in [0.15, 0.2) is 86.8 Å². The Morgan fingerprint density at radius 1 is 0.815 bits per heavy atom. The van der Waals surface area contributed by atoms with Gasteiger partial charge in [0.15, 0.2) is 0 Å². The third-order valence-electron chi connectivity index (χ3n) is 5.11. The van der Waals surface area contributed by atoms with E-state index in [0.29, 0.717) is 5.92 Å². The van der Waals surface area contributed by atoms with E-state index in [9.17, 15) is 0 Å². The van der Waals surface area contributed by atoms with E-state index in [0.717, 1.165) is 15.5 Å². The largest absolute Gasteiger partial charge is 0.309 e. The van der Waals surface area contributed by atoms with Gasteiger partial charge in [-0.15, -0.1) is 0 Å². The molecule has 0 saturated heterocycles. The first-order valence-corrected chi connectivity index (χ1v) is 10.5. The van der Waals surface area contributed by atoms with E-state index in [1.165, 1.54) is 33.1 Å². The van der Waals surface area contributed by atoms with Crippen LogP contribution in [-0.4, -0.2) is 17.3 Å². The van der Waals surface area contributed by atoms with Crippen molar-refractivity contribution in [3.8, 4) is 5.69 Å².